The summed E-state index contributed by atoms with van der Waals surface area (Å²) in [7, 11) is 5.67. The number of esters is 1. The molecular weight excluding hydrogens is 1010 g/mol. The second-order valence-electron chi connectivity index (χ2n) is 23.7. The van der Waals surface area contributed by atoms with Crippen LogP contribution < -0.4 is 16.0 Å². The summed E-state index contributed by atoms with van der Waals surface area (Å²) < 4.78 is 6.09. The van der Waals surface area contributed by atoms with E-state index in [1.54, 1.807) is 72.7 Å². The Morgan fingerprint density at radius 1 is 0.582 bits per heavy atom. The maximum Gasteiger partial charge on any atom is 0.332 e. The molecule has 2 aliphatic heterocycles. The largest absolute Gasteiger partial charge is 0.450 e. The monoisotopic (exact) mass is 1100 g/mol. The first-order chi connectivity index (χ1) is 37.0. The van der Waals surface area contributed by atoms with E-state index in [9.17, 15) is 38.7 Å². The highest BCUT2D eigenvalue weighted by molar-refractivity contribution is 5.99. The number of carbonyl (C=O) groups is 9. The highest BCUT2D eigenvalue weighted by Crippen LogP contribution is 2.27. The number of hydrogen-bond acceptors (Lipinski definition) is 11. The molecule has 0 aliphatic carbocycles. The lowest BCUT2D eigenvalue weighted by Gasteiger charge is -2.39. The number of rotatable bonds is 13. The van der Waals surface area contributed by atoms with Gasteiger partial charge in [0, 0.05) is 53.5 Å². The first kappa shape index (κ1) is 65.2. The summed E-state index contributed by atoms with van der Waals surface area (Å²) in [5.74, 6) is -8.65. The number of nitrogens with zero attached hydrogens (tertiary/aromatic N) is 5. The van der Waals surface area contributed by atoms with E-state index in [2.05, 4.69) is 16.0 Å². The molecule has 8 amide bonds. The van der Waals surface area contributed by atoms with Crippen LogP contribution in [-0.2, 0) is 60.7 Å². The second-order valence-corrected chi connectivity index (χ2v) is 23.7. The molecule has 19 nitrogen and oxygen atoms in total. The van der Waals surface area contributed by atoms with E-state index in [0.717, 1.165) is 10.5 Å². The summed E-state index contributed by atoms with van der Waals surface area (Å²) in [5.41, 5.74) is -0.551. The van der Waals surface area contributed by atoms with Crippen molar-refractivity contribution in [3.63, 3.8) is 0 Å². The van der Waals surface area contributed by atoms with Crippen molar-refractivity contribution in [1.82, 2.24) is 40.4 Å². The van der Waals surface area contributed by atoms with Crippen molar-refractivity contribution >= 4 is 53.2 Å². The average molecular weight is 1100 g/mol. The summed E-state index contributed by atoms with van der Waals surface area (Å²) in [6.45, 7) is 20.6. The normalized spacial score (nSPS) is 26.5. The highest BCUT2D eigenvalue weighted by Gasteiger charge is 2.48. The summed E-state index contributed by atoms with van der Waals surface area (Å²) in [5, 5.41) is 20.5. The van der Waals surface area contributed by atoms with Crippen molar-refractivity contribution in [3.05, 3.63) is 71.8 Å². The van der Waals surface area contributed by atoms with Crippen molar-refractivity contribution in [2.45, 2.75) is 188 Å². The number of nitrogens with one attached hydrogen (secondary N) is 3. The summed E-state index contributed by atoms with van der Waals surface area (Å²) >= 11 is 0. The van der Waals surface area contributed by atoms with Gasteiger partial charge in [0.15, 0.2) is 12.1 Å². The molecular formula is C60H92N8O11. The highest BCUT2D eigenvalue weighted by atomic mass is 16.6. The number of hydrogen-bond donors (Lipinski definition) is 4. The molecule has 0 aromatic heterocycles. The third-order valence-electron chi connectivity index (χ3n) is 15.8. The van der Waals surface area contributed by atoms with Crippen LogP contribution in [0.4, 0.5) is 0 Å². The van der Waals surface area contributed by atoms with Gasteiger partial charge in [-0.3, -0.25) is 38.4 Å². The SMILES string of the molecule is CC[C@@H](C)[C@@H]1NC(=O)[C@@H]2CCCN2C(=O)[C@H](Cc2ccccc2)N(C)C(=O)[C@H](Cc2ccccc2)NC(=O)[C@H](C(C)C)N(C)C(=O)[C@@H]([C@@H](C)CC)OC(=O)[C@@H](C(C)(C)O)N(C)C(=O)[C@H](CC(C)C)NC(=O)[C@H](C(C)C)N(C)C1=O. The van der Waals surface area contributed by atoms with Gasteiger partial charge in [-0.1, -0.05) is 136 Å². The number of ether oxygens (including phenoxy) is 1. The number of carbonyl (C=O) groups excluding carboxylic acids is 9. The first-order valence-corrected chi connectivity index (χ1v) is 28.3. The van der Waals surface area contributed by atoms with E-state index in [4.69, 9.17) is 4.74 Å². The number of likely N-dealkylation sites (N-methyl/N-ethyl adjacent to an activating group) is 4. The number of amides is 8. The molecule has 0 bridgehead atoms. The van der Waals surface area contributed by atoms with Gasteiger partial charge in [0.1, 0.15) is 42.3 Å². The Morgan fingerprint density at radius 2 is 1.06 bits per heavy atom. The van der Waals surface area contributed by atoms with Crippen LogP contribution in [0.2, 0.25) is 0 Å². The molecule has 438 valence electrons. The zero-order valence-electron chi connectivity index (χ0n) is 49.8. The zero-order valence-corrected chi connectivity index (χ0v) is 49.8. The van der Waals surface area contributed by atoms with E-state index in [1.807, 2.05) is 57.2 Å². The molecule has 11 atom stereocenters. The molecule has 4 rings (SSSR count). The van der Waals surface area contributed by atoms with Gasteiger partial charge in [0.25, 0.3) is 5.91 Å². The maximum absolute atomic E-state index is 15.3. The van der Waals surface area contributed by atoms with Gasteiger partial charge in [-0.05, 0) is 74.3 Å². The average Bonchev–Trinajstić information content (AvgIpc) is 3.89. The molecule has 2 aromatic carbocycles. The number of cyclic esters (lactones) is 1. The summed E-state index contributed by atoms with van der Waals surface area (Å²) in [4.78, 5) is 140. The quantitative estimate of drug-likeness (QED) is 0.206. The van der Waals surface area contributed by atoms with Gasteiger partial charge in [-0.15, -0.1) is 0 Å². The fourth-order valence-corrected chi connectivity index (χ4v) is 11.0. The van der Waals surface area contributed by atoms with Crippen molar-refractivity contribution in [2.75, 3.05) is 34.7 Å². The van der Waals surface area contributed by atoms with Crippen molar-refractivity contribution in [2.24, 2.45) is 29.6 Å². The van der Waals surface area contributed by atoms with Gasteiger partial charge in [0.05, 0.1) is 5.60 Å². The van der Waals surface area contributed by atoms with Gasteiger partial charge in [-0.25, -0.2) is 4.79 Å². The Labute approximate surface area is 469 Å². The number of benzene rings is 2. The molecule has 4 N–H and O–H groups in total. The van der Waals surface area contributed by atoms with Gasteiger partial charge >= 0.3 is 5.97 Å². The minimum absolute atomic E-state index is 0.00676. The standard InChI is InChI=1S/C60H92N8O11/c1-17-38(9)46-57(75)65(14)47(36(5)6)52(70)61-42(32-35(3)4)55(73)67(16)50(60(11,12)78)59(77)79-49(39(10)18-2)58(76)66(15)48(37(7)8)53(71)62-43(33-40-26-21-19-22-27-40)54(72)64(13)45(34-41-28-23-20-24-29-41)56(74)68-31-25-30-44(68)51(69)63-46/h19-24,26-29,35-39,42-50,78H,17-18,25,30-34H2,1-16H3,(H,61,70)(H,62,71)(H,63,69)/t38-,39+,42+,43+,44+,45+,46+,47+,48+,49-,50+/m1/s1. The van der Waals surface area contributed by atoms with Gasteiger partial charge in [0.2, 0.25) is 41.4 Å². The number of aliphatic hydroxyl groups is 1. The fraction of sp³-hybridized carbons (Fsp3) is 0.650. The predicted molar refractivity (Wildman–Crippen MR) is 301 cm³/mol. The lowest BCUT2D eigenvalue weighted by atomic mass is 9.93. The van der Waals surface area contributed by atoms with Crippen LogP contribution in [0.5, 0.6) is 0 Å². The molecule has 0 spiro atoms. The van der Waals surface area contributed by atoms with E-state index in [1.165, 1.54) is 61.6 Å². The topological polar surface area (TPSA) is 235 Å². The van der Waals surface area contributed by atoms with Crippen LogP contribution >= 0.6 is 0 Å². The minimum Gasteiger partial charge on any atom is -0.450 e. The molecule has 2 heterocycles. The Hall–Kier alpha value is -6.37. The van der Waals surface area contributed by atoms with Crippen LogP contribution in [0, 0.1) is 29.6 Å². The van der Waals surface area contributed by atoms with Crippen LogP contribution in [0.1, 0.15) is 126 Å². The Morgan fingerprint density at radius 3 is 1.54 bits per heavy atom. The summed E-state index contributed by atoms with van der Waals surface area (Å²) in [6, 6.07) is 8.11. The second kappa shape index (κ2) is 28.7. The first-order valence-electron chi connectivity index (χ1n) is 28.3. The van der Waals surface area contributed by atoms with Gasteiger partial charge < -0.3 is 50.3 Å². The van der Waals surface area contributed by atoms with Crippen molar-refractivity contribution in [3.8, 4) is 0 Å². The van der Waals surface area contributed by atoms with Crippen molar-refractivity contribution < 1.29 is 53.0 Å². The predicted octanol–water partition coefficient (Wildman–Crippen LogP) is 4.37. The summed E-state index contributed by atoms with van der Waals surface area (Å²) in [6.07, 6.45) is 0.101. The van der Waals surface area contributed by atoms with Crippen molar-refractivity contribution in [1.29, 1.82) is 0 Å². The van der Waals surface area contributed by atoms with Crippen LogP contribution in [0.15, 0.2) is 60.7 Å². The lowest BCUT2D eigenvalue weighted by Crippen LogP contribution is -2.63. The molecule has 2 aliphatic rings. The minimum atomic E-state index is -1.97. The molecule has 0 unspecified atom stereocenters. The zero-order chi connectivity index (χ0) is 59.4. The molecule has 2 saturated heterocycles. The van der Waals surface area contributed by atoms with Crippen LogP contribution in [-0.4, -0.2) is 178 Å². The fourth-order valence-electron chi connectivity index (χ4n) is 11.0. The Kier molecular flexibility index (Phi) is 23.6. The molecule has 0 radical (unpaired) electrons. The van der Waals surface area contributed by atoms with Crippen LogP contribution in [0.3, 0.4) is 0 Å². The lowest BCUT2D eigenvalue weighted by molar-refractivity contribution is -0.177. The maximum atomic E-state index is 15.3. The van der Waals surface area contributed by atoms with E-state index < -0.39 is 137 Å². The van der Waals surface area contributed by atoms with Crippen LogP contribution in [0.25, 0.3) is 0 Å². The number of fused-ring (bicyclic) bond motifs is 1. The molecule has 2 fully saturated rings. The van der Waals surface area contributed by atoms with E-state index in [-0.39, 0.29) is 38.1 Å². The molecule has 79 heavy (non-hydrogen) atoms. The van der Waals surface area contributed by atoms with Gasteiger partial charge in [-0.2, -0.15) is 0 Å². The molecule has 19 heteroatoms. The van der Waals surface area contributed by atoms with E-state index >= 15 is 9.59 Å². The Balaban J connectivity index is 1.98. The third-order valence-corrected chi connectivity index (χ3v) is 15.8. The smallest absolute Gasteiger partial charge is 0.332 e. The van der Waals surface area contributed by atoms with E-state index in [0.29, 0.717) is 24.8 Å². The molecule has 0 saturated carbocycles. The third kappa shape index (κ3) is 16.4. The Bertz CT molecular complexity index is 2430. The molecule has 2 aromatic rings.